The number of amides is 9. The van der Waals surface area contributed by atoms with Crippen LogP contribution in [0.2, 0.25) is 0 Å². The van der Waals surface area contributed by atoms with E-state index in [1.807, 2.05) is 0 Å². The molecule has 78 heavy (non-hydrogen) atoms. The standard InChI is InChI=1S/C49H72N11O17P/c1-26(53-41(65)32(51)13-8-9-21-50)48(72)60-22-10-14-37(60)46(70)59-40(28(3)61)47(71)58-36(25-38(52)62)45(69)55-33(19-20-39(63)64)42(66)56-35(23-29-11-6-5-7-12-29)44(68)57-34(43(67)54-27(2)49(73)74)24-30-15-17-31(18-16-30)77-78(4,75)76/h5-7,11-12,15-18,26-28,32-37,40,61H,8-10,13-14,19-25,50-51H2,1-4H3,(H2,52,62)(H,53,65)(H,54,67)(H,55,69)(H,56,66)(H,57,68)(H,58,71)(H,59,70)(H,63,64)(H,73,74)(H,75,76)/t26-,27-,28+,32-,33-,34-,35-,36-,37-,40-/m0/s1. The van der Waals surface area contributed by atoms with Crippen LogP contribution in [-0.4, -0.2) is 170 Å². The summed E-state index contributed by atoms with van der Waals surface area (Å²) in [4.78, 5) is 156. The monoisotopic (exact) mass is 1120 g/mol. The van der Waals surface area contributed by atoms with Crippen LogP contribution in [0.4, 0.5) is 0 Å². The number of hydrogen-bond donors (Lipinski definition) is 14. The van der Waals surface area contributed by atoms with Gasteiger partial charge in [0.15, 0.2) is 0 Å². The van der Waals surface area contributed by atoms with Gasteiger partial charge in [-0.3, -0.25) is 52.7 Å². The number of hydrogen-bond acceptors (Lipinski definition) is 16. The number of rotatable bonds is 32. The molecule has 3 rings (SSSR count). The lowest BCUT2D eigenvalue weighted by Gasteiger charge is -2.30. The van der Waals surface area contributed by atoms with Crippen LogP contribution in [0.1, 0.15) is 83.3 Å². The van der Waals surface area contributed by atoms with Crippen LogP contribution in [0, 0.1) is 0 Å². The van der Waals surface area contributed by atoms with E-state index in [0.717, 1.165) is 13.6 Å². The molecule has 0 aliphatic carbocycles. The zero-order valence-electron chi connectivity index (χ0n) is 43.7. The summed E-state index contributed by atoms with van der Waals surface area (Å²) in [6.07, 6.45) is -2.56. The number of likely N-dealkylation sites (tertiary alicyclic amines) is 1. The summed E-state index contributed by atoms with van der Waals surface area (Å²) in [6.45, 7) is 5.17. The Morgan fingerprint density at radius 1 is 0.692 bits per heavy atom. The molecule has 0 aromatic heterocycles. The Kier molecular flexibility index (Phi) is 25.8. The molecule has 2 aromatic rings. The number of unbranched alkanes of at least 4 members (excludes halogenated alkanes) is 1. The minimum atomic E-state index is -3.95. The van der Waals surface area contributed by atoms with Crippen LogP contribution in [0.15, 0.2) is 54.6 Å². The van der Waals surface area contributed by atoms with Gasteiger partial charge < -0.3 is 84.1 Å². The topological polar surface area (TPSA) is 460 Å². The molecule has 17 N–H and O–H groups in total. The van der Waals surface area contributed by atoms with E-state index < -0.39 is 152 Å². The SMILES string of the molecule is C[C@H](NC(=O)[C@H](Cc1ccc(OP(C)(=O)O)cc1)NC(=O)[C@H](Cc1ccccc1)NC(=O)[C@H](CCC(=O)O)NC(=O)[C@H](CC(N)=O)NC(=O)[C@@H](NC(=O)[C@@H]1CCCN1C(=O)[C@H](C)NC(=O)[C@@H](N)CCCCN)[C@@H](C)O)C(=O)O. The molecule has 1 aliphatic heterocycles. The average Bonchev–Trinajstić information content (AvgIpc) is 3.86. The van der Waals surface area contributed by atoms with Gasteiger partial charge in [0.25, 0.3) is 0 Å². The molecule has 28 nitrogen and oxygen atoms in total. The van der Waals surface area contributed by atoms with Crippen LogP contribution in [-0.2, 0) is 70.1 Å². The van der Waals surface area contributed by atoms with Crippen molar-refractivity contribution >= 4 is 72.7 Å². The van der Waals surface area contributed by atoms with E-state index in [4.69, 9.17) is 21.7 Å². The van der Waals surface area contributed by atoms with Crippen molar-refractivity contribution in [2.45, 2.75) is 145 Å². The summed E-state index contributed by atoms with van der Waals surface area (Å²) in [5.74, 6) is -11.8. The van der Waals surface area contributed by atoms with E-state index in [1.165, 1.54) is 43.0 Å². The van der Waals surface area contributed by atoms with E-state index in [1.54, 1.807) is 30.3 Å². The normalized spacial score (nSPS) is 17.3. The van der Waals surface area contributed by atoms with E-state index in [9.17, 15) is 77.5 Å². The molecular formula is C49H72N11O17P. The molecule has 2 aromatic carbocycles. The van der Waals surface area contributed by atoms with Gasteiger partial charge in [-0.25, -0.2) is 4.57 Å². The van der Waals surface area contributed by atoms with E-state index in [2.05, 4.69) is 37.2 Å². The first-order chi connectivity index (χ1) is 36.6. The van der Waals surface area contributed by atoms with Gasteiger partial charge in [0.1, 0.15) is 54.1 Å². The predicted molar refractivity (Wildman–Crippen MR) is 277 cm³/mol. The number of carboxylic acid groups (broad SMARTS) is 2. The molecule has 1 saturated heterocycles. The fourth-order valence-electron chi connectivity index (χ4n) is 8.02. The smallest absolute Gasteiger partial charge is 0.373 e. The van der Waals surface area contributed by atoms with Gasteiger partial charge >= 0.3 is 19.5 Å². The number of primary amides is 1. The van der Waals surface area contributed by atoms with Gasteiger partial charge in [0.05, 0.1) is 18.6 Å². The average molecular weight is 1120 g/mol. The summed E-state index contributed by atoms with van der Waals surface area (Å²) in [7, 11) is -3.95. The number of carbonyl (C=O) groups excluding carboxylic acids is 9. The molecule has 0 spiro atoms. The number of nitrogens with one attached hydrogen (secondary N) is 7. The fourth-order valence-corrected chi connectivity index (χ4v) is 8.53. The minimum Gasteiger partial charge on any atom is -0.481 e. The Balaban J connectivity index is 1.87. The lowest BCUT2D eigenvalue weighted by molar-refractivity contribution is -0.142. The van der Waals surface area contributed by atoms with Crippen molar-refractivity contribution in [2.75, 3.05) is 19.8 Å². The van der Waals surface area contributed by atoms with Crippen molar-refractivity contribution in [1.82, 2.24) is 42.1 Å². The third-order valence-electron chi connectivity index (χ3n) is 12.2. The highest BCUT2D eigenvalue weighted by molar-refractivity contribution is 7.52. The van der Waals surface area contributed by atoms with Crippen LogP contribution >= 0.6 is 7.60 Å². The molecule has 0 bridgehead atoms. The molecule has 1 aliphatic rings. The van der Waals surface area contributed by atoms with Crippen LogP contribution in [0.3, 0.4) is 0 Å². The Labute approximate surface area is 449 Å². The molecule has 1 fully saturated rings. The van der Waals surface area contributed by atoms with Crippen molar-refractivity contribution in [3.05, 3.63) is 65.7 Å². The van der Waals surface area contributed by atoms with Gasteiger partial charge in [-0.05, 0) is 82.7 Å². The number of nitrogens with zero attached hydrogens (tertiary/aromatic N) is 1. The number of aliphatic carboxylic acids is 2. The molecule has 0 saturated carbocycles. The Morgan fingerprint density at radius 2 is 1.22 bits per heavy atom. The summed E-state index contributed by atoms with van der Waals surface area (Å²) in [5, 5.41) is 46.5. The second kappa shape index (κ2) is 31.0. The van der Waals surface area contributed by atoms with Crippen molar-refractivity contribution in [2.24, 2.45) is 17.2 Å². The predicted octanol–water partition coefficient (Wildman–Crippen LogP) is -3.25. The van der Waals surface area contributed by atoms with Crippen LogP contribution in [0.5, 0.6) is 5.75 Å². The largest absolute Gasteiger partial charge is 0.481 e. The van der Waals surface area contributed by atoms with Gasteiger partial charge in [0, 0.05) is 32.5 Å². The van der Waals surface area contributed by atoms with Gasteiger partial charge in [-0.2, -0.15) is 0 Å². The van der Waals surface area contributed by atoms with Gasteiger partial charge in [-0.15, -0.1) is 0 Å². The summed E-state index contributed by atoms with van der Waals surface area (Å²) >= 11 is 0. The summed E-state index contributed by atoms with van der Waals surface area (Å²) < 4.78 is 16.8. The second-order valence-electron chi connectivity index (χ2n) is 18.9. The Morgan fingerprint density at radius 3 is 1.76 bits per heavy atom. The molecule has 29 heteroatoms. The maximum atomic E-state index is 14.3. The third kappa shape index (κ3) is 21.8. The molecule has 9 amide bonds. The molecule has 1 unspecified atom stereocenters. The van der Waals surface area contributed by atoms with E-state index in [-0.39, 0.29) is 31.6 Å². The van der Waals surface area contributed by atoms with Crippen LogP contribution in [0.25, 0.3) is 0 Å². The lowest BCUT2D eigenvalue weighted by Crippen LogP contribution is -2.62. The number of benzene rings is 2. The Hall–Kier alpha value is -7.52. The molecular weight excluding hydrogens is 1050 g/mol. The highest BCUT2D eigenvalue weighted by Gasteiger charge is 2.40. The highest BCUT2D eigenvalue weighted by Crippen LogP contribution is 2.38. The van der Waals surface area contributed by atoms with Crippen molar-refractivity contribution in [3.63, 3.8) is 0 Å². The number of aliphatic hydroxyl groups is 1. The number of aliphatic hydroxyl groups excluding tert-OH is 1. The van der Waals surface area contributed by atoms with Gasteiger partial charge in [-0.1, -0.05) is 48.9 Å². The first-order valence-corrected chi connectivity index (χ1v) is 27.1. The number of carboxylic acids is 2. The van der Waals surface area contributed by atoms with E-state index in [0.29, 0.717) is 43.4 Å². The molecule has 11 atom stereocenters. The van der Waals surface area contributed by atoms with Gasteiger partial charge in [0.2, 0.25) is 53.2 Å². The maximum absolute atomic E-state index is 14.3. The van der Waals surface area contributed by atoms with E-state index >= 15 is 0 Å². The van der Waals surface area contributed by atoms with Crippen molar-refractivity contribution in [3.8, 4) is 5.75 Å². The minimum absolute atomic E-state index is 0.00243. The highest BCUT2D eigenvalue weighted by atomic mass is 31.2. The lowest BCUT2D eigenvalue weighted by atomic mass is 10.0. The molecule has 1 heterocycles. The van der Waals surface area contributed by atoms with Crippen LogP contribution < -0.4 is 58.9 Å². The maximum Gasteiger partial charge on any atom is 0.373 e. The number of nitrogens with two attached hydrogens (primary N) is 3. The van der Waals surface area contributed by atoms with Crippen molar-refractivity contribution in [1.29, 1.82) is 0 Å². The zero-order chi connectivity index (χ0) is 58.4. The quantitative estimate of drug-likeness (QED) is 0.0253. The summed E-state index contributed by atoms with van der Waals surface area (Å²) in [5.41, 5.74) is 17.7. The molecule has 0 radical (unpaired) electrons. The first-order valence-electron chi connectivity index (χ1n) is 25.0. The first kappa shape index (κ1) is 64.8. The van der Waals surface area contributed by atoms with Crippen molar-refractivity contribution < 1.29 is 82.0 Å². The number of carbonyl (C=O) groups is 11. The second-order valence-corrected chi connectivity index (χ2v) is 20.7. The molecule has 430 valence electrons. The summed E-state index contributed by atoms with van der Waals surface area (Å²) in [6, 6.07) is 0.185. The third-order valence-corrected chi connectivity index (χ3v) is 12.7. The Bertz CT molecular complexity index is 2500. The fraction of sp³-hybridized carbons (Fsp3) is 0.531. The zero-order valence-corrected chi connectivity index (χ0v) is 44.6.